The Kier molecular flexibility index (Phi) is 4.25. The van der Waals surface area contributed by atoms with Crippen molar-refractivity contribution >= 4 is 12.0 Å². The maximum atomic E-state index is 10.9. The molecule has 1 fully saturated rings. The molecule has 1 aliphatic heterocycles. The Morgan fingerprint density at radius 2 is 1.58 bits per heavy atom. The van der Waals surface area contributed by atoms with Gasteiger partial charge in [-0.05, 0) is 51.0 Å². The monoisotopic (exact) mass is 260 g/mol. The zero-order valence-electron chi connectivity index (χ0n) is 12.4. The molecule has 0 aliphatic carbocycles. The van der Waals surface area contributed by atoms with Crippen LogP contribution in [0.2, 0.25) is 0 Å². The van der Waals surface area contributed by atoms with E-state index in [2.05, 4.69) is 37.5 Å². The van der Waals surface area contributed by atoms with Gasteiger partial charge in [-0.1, -0.05) is 0 Å². The fourth-order valence-electron chi connectivity index (χ4n) is 3.02. The van der Waals surface area contributed by atoms with Crippen molar-refractivity contribution < 1.29 is 4.79 Å². The molecule has 3 heteroatoms. The van der Waals surface area contributed by atoms with Crippen LogP contribution >= 0.6 is 0 Å². The third-order valence-corrected chi connectivity index (χ3v) is 4.01. The van der Waals surface area contributed by atoms with Crippen LogP contribution in [0.4, 0.5) is 5.69 Å². The van der Waals surface area contributed by atoms with Gasteiger partial charge in [-0.15, -0.1) is 0 Å². The molecule has 0 atom stereocenters. The van der Waals surface area contributed by atoms with Crippen LogP contribution in [0.25, 0.3) is 0 Å². The van der Waals surface area contributed by atoms with E-state index in [1.807, 2.05) is 12.1 Å². The van der Waals surface area contributed by atoms with Gasteiger partial charge in [-0.3, -0.25) is 9.69 Å². The Morgan fingerprint density at radius 1 is 1.05 bits per heavy atom. The Bertz CT molecular complexity index is 437. The van der Waals surface area contributed by atoms with Crippen molar-refractivity contribution in [2.24, 2.45) is 0 Å². The molecule has 3 nitrogen and oxygen atoms in total. The molecule has 0 radical (unpaired) electrons. The van der Waals surface area contributed by atoms with E-state index in [9.17, 15) is 4.79 Å². The number of hydrogen-bond donors (Lipinski definition) is 0. The molecule has 0 unspecified atom stereocenters. The highest BCUT2D eigenvalue weighted by molar-refractivity contribution is 5.78. The van der Waals surface area contributed by atoms with Crippen molar-refractivity contribution in [1.82, 2.24) is 4.90 Å². The number of anilines is 1. The second-order valence-electron chi connectivity index (χ2n) is 5.74. The molecule has 0 spiro atoms. The van der Waals surface area contributed by atoms with Crippen LogP contribution in [0.5, 0.6) is 0 Å². The highest BCUT2D eigenvalue weighted by atomic mass is 16.1. The second kappa shape index (κ2) is 5.74. The maximum Gasteiger partial charge on any atom is 0.150 e. The van der Waals surface area contributed by atoms with E-state index in [0.29, 0.717) is 6.04 Å². The highest BCUT2D eigenvalue weighted by Gasteiger charge is 2.21. The lowest BCUT2D eigenvalue weighted by atomic mass is 10.0. The fourth-order valence-corrected chi connectivity index (χ4v) is 3.02. The van der Waals surface area contributed by atoms with Gasteiger partial charge in [0.1, 0.15) is 6.29 Å². The minimum Gasteiger partial charge on any atom is -0.369 e. The number of benzene rings is 1. The van der Waals surface area contributed by atoms with Crippen LogP contribution in [-0.2, 0) is 0 Å². The van der Waals surface area contributed by atoms with Crippen LogP contribution in [0.1, 0.15) is 35.3 Å². The summed E-state index contributed by atoms with van der Waals surface area (Å²) in [6.07, 6.45) is 0.931. The summed E-state index contributed by atoms with van der Waals surface area (Å²) in [4.78, 5) is 15.9. The fraction of sp³-hybridized carbons (Fsp3) is 0.562. The van der Waals surface area contributed by atoms with Gasteiger partial charge >= 0.3 is 0 Å². The first-order valence-corrected chi connectivity index (χ1v) is 7.08. The molecule has 0 amide bonds. The number of piperazine rings is 1. The van der Waals surface area contributed by atoms with Gasteiger partial charge in [-0.2, -0.15) is 0 Å². The third kappa shape index (κ3) is 2.98. The van der Waals surface area contributed by atoms with Gasteiger partial charge in [0.05, 0.1) is 0 Å². The van der Waals surface area contributed by atoms with E-state index < -0.39 is 0 Å². The van der Waals surface area contributed by atoms with Crippen LogP contribution in [0, 0.1) is 13.8 Å². The van der Waals surface area contributed by atoms with Crippen LogP contribution in [0.15, 0.2) is 12.1 Å². The molecule has 0 saturated carbocycles. The number of hydrogen-bond acceptors (Lipinski definition) is 3. The molecule has 104 valence electrons. The molecule has 0 bridgehead atoms. The van der Waals surface area contributed by atoms with E-state index in [1.54, 1.807) is 0 Å². The van der Waals surface area contributed by atoms with Crippen molar-refractivity contribution in [2.45, 2.75) is 33.7 Å². The zero-order chi connectivity index (χ0) is 14.0. The topological polar surface area (TPSA) is 23.6 Å². The van der Waals surface area contributed by atoms with Crippen LogP contribution < -0.4 is 4.90 Å². The standard InChI is InChI=1S/C16H24N2O/c1-12(2)17-5-7-18(8-6-17)16-13(3)9-15(11-19)10-14(16)4/h9-12H,5-8H2,1-4H3. The zero-order valence-corrected chi connectivity index (χ0v) is 12.4. The molecule has 1 heterocycles. The lowest BCUT2D eigenvalue weighted by molar-refractivity contribution is 0.112. The largest absolute Gasteiger partial charge is 0.369 e. The Labute approximate surface area is 116 Å². The Balaban J connectivity index is 2.18. The maximum absolute atomic E-state index is 10.9. The molecule has 19 heavy (non-hydrogen) atoms. The van der Waals surface area contributed by atoms with Crippen molar-refractivity contribution in [3.63, 3.8) is 0 Å². The molecule has 2 rings (SSSR count). The summed E-state index contributed by atoms with van der Waals surface area (Å²) >= 11 is 0. The number of aryl methyl sites for hydroxylation is 2. The molecule has 0 N–H and O–H groups in total. The Morgan fingerprint density at radius 3 is 2.00 bits per heavy atom. The van der Waals surface area contributed by atoms with Crippen molar-refractivity contribution in [2.75, 3.05) is 31.1 Å². The van der Waals surface area contributed by atoms with Crippen LogP contribution in [-0.4, -0.2) is 43.4 Å². The summed E-state index contributed by atoms with van der Waals surface area (Å²) in [5, 5.41) is 0. The molecule has 1 aliphatic rings. The third-order valence-electron chi connectivity index (χ3n) is 4.01. The predicted molar refractivity (Wildman–Crippen MR) is 80.2 cm³/mol. The number of carbonyl (C=O) groups is 1. The van der Waals surface area contributed by atoms with Crippen molar-refractivity contribution in [3.8, 4) is 0 Å². The molecule has 1 saturated heterocycles. The lowest BCUT2D eigenvalue weighted by Gasteiger charge is -2.39. The van der Waals surface area contributed by atoms with Gasteiger partial charge in [0, 0.05) is 43.5 Å². The average Bonchev–Trinajstić information content (AvgIpc) is 2.38. The lowest BCUT2D eigenvalue weighted by Crippen LogP contribution is -2.49. The SMILES string of the molecule is Cc1cc(C=O)cc(C)c1N1CCN(C(C)C)CC1. The van der Waals surface area contributed by atoms with Gasteiger partial charge < -0.3 is 4.90 Å². The molecule has 1 aromatic carbocycles. The average molecular weight is 260 g/mol. The van der Waals surface area contributed by atoms with Crippen molar-refractivity contribution in [1.29, 1.82) is 0 Å². The molecule has 1 aromatic rings. The quantitative estimate of drug-likeness (QED) is 0.781. The smallest absolute Gasteiger partial charge is 0.150 e. The first-order chi connectivity index (χ1) is 9.02. The van der Waals surface area contributed by atoms with Crippen molar-refractivity contribution in [3.05, 3.63) is 28.8 Å². The summed E-state index contributed by atoms with van der Waals surface area (Å²) in [5.41, 5.74) is 4.51. The molecule has 0 aromatic heterocycles. The summed E-state index contributed by atoms with van der Waals surface area (Å²) in [6, 6.07) is 4.61. The summed E-state index contributed by atoms with van der Waals surface area (Å²) < 4.78 is 0. The summed E-state index contributed by atoms with van der Waals surface area (Å²) in [6.45, 7) is 13.1. The first kappa shape index (κ1) is 14.1. The van der Waals surface area contributed by atoms with Gasteiger partial charge in [0.25, 0.3) is 0 Å². The molecular formula is C16H24N2O. The van der Waals surface area contributed by atoms with Crippen LogP contribution in [0.3, 0.4) is 0 Å². The summed E-state index contributed by atoms with van der Waals surface area (Å²) in [7, 11) is 0. The van der Waals surface area contributed by atoms with E-state index in [-0.39, 0.29) is 0 Å². The number of carbonyl (C=O) groups excluding carboxylic acids is 1. The Hall–Kier alpha value is -1.35. The number of aldehydes is 1. The van der Waals surface area contributed by atoms with E-state index >= 15 is 0 Å². The van der Waals surface area contributed by atoms with Gasteiger partial charge in [0.2, 0.25) is 0 Å². The normalized spacial score (nSPS) is 17.0. The minimum atomic E-state index is 0.627. The van der Waals surface area contributed by atoms with Gasteiger partial charge in [0.15, 0.2) is 0 Å². The van der Waals surface area contributed by atoms with E-state index in [4.69, 9.17) is 0 Å². The predicted octanol–water partition coefficient (Wildman–Crippen LogP) is 2.65. The highest BCUT2D eigenvalue weighted by Crippen LogP contribution is 2.27. The minimum absolute atomic E-state index is 0.627. The number of nitrogens with zero attached hydrogens (tertiary/aromatic N) is 2. The second-order valence-corrected chi connectivity index (χ2v) is 5.74. The van der Waals surface area contributed by atoms with E-state index in [0.717, 1.165) is 38.0 Å². The molecular weight excluding hydrogens is 236 g/mol. The van der Waals surface area contributed by atoms with E-state index in [1.165, 1.54) is 16.8 Å². The number of rotatable bonds is 3. The first-order valence-electron chi connectivity index (χ1n) is 7.08. The van der Waals surface area contributed by atoms with Gasteiger partial charge in [-0.25, -0.2) is 0 Å². The summed E-state index contributed by atoms with van der Waals surface area (Å²) in [5.74, 6) is 0.